The number of aromatic nitrogens is 1. The van der Waals surface area contributed by atoms with Crippen LogP contribution in [0.1, 0.15) is 13.8 Å². The van der Waals surface area contributed by atoms with Gasteiger partial charge in [-0.2, -0.15) is 0 Å². The van der Waals surface area contributed by atoms with Crippen LogP contribution in [-0.4, -0.2) is 36.6 Å². The lowest BCUT2D eigenvalue weighted by Gasteiger charge is -2.26. The topological polar surface area (TPSA) is 28.2 Å². The molecule has 2 aromatic heterocycles. The highest BCUT2D eigenvalue weighted by atomic mass is 32.1. The van der Waals surface area contributed by atoms with Crippen molar-refractivity contribution >= 4 is 27.2 Å². The molecule has 2 heterocycles. The van der Waals surface area contributed by atoms with Crippen molar-refractivity contribution in [3.63, 3.8) is 0 Å². The molecular weight excluding hydrogens is 242 g/mol. The van der Waals surface area contributed by atoms with E-state index < -0.39 is 0 Å². The third-order valence-corrected chi connectivity index (χ3v) is 3.95. The summed E-state index contributed by atoms with van der Waals surface area (Å²) in [7, 11) is 4.21. The number of fused-ring (bicyclic) bond motifs is 1. The first-order chi connectivity index (χ1) is 8.58. The van der Waals surface area contributed by atoms with Gasteiger partial charge < -0.3 is 10.2 Å². The minimum Gasteiger partial charge on any atom is -0.365 e. The van der Waals surface area contributed by atoms with Crippen molar-refractivity contribution in [1.29, 1.82) is 0 Å². The number of hydrogen-bond donors (Lipinski definition) is 1. The van der Waals surface area contributed by atoms with Gasteiger partial charge in [0.05, 0.1) is 0 Å². The lowest BCUT2D eigenvalue weighted by atomic mass is 10.0. The summed E-state index contributed by atoms with van der Waals surface area (Å²) in [4.78, 5) is 6.70. The lowest BCUT2D eigenvalue weighted by Crippen LogP contribution is -2.36. The number of thiophene rings is 1. The van der Waals surface area contributed by atoms with Crippen LogP contribution in [0.4, 0.5) is 5.82 Å². The molecule has 0 saturated heterocycles. The Morgan fingerprint density at radius 2 is 2.11 bits per heavy atom. The van der Waals surface area contributed by atoms with E-state index in [0.29, 0.717) is 12.0 Å². The van der Waals surface area contributed by atoms with Gasteiger partial charge in [0.25, 0.3) is 0 Å². The largest absolute Gasteiger partial charge is 0.365 e. The molecular formula is C14H21N3S. The van der Waals surface area contributed by atoms with Gasteiger partial charge in [-0.25, -0.2) is 4.98 Å². The molecule has 2 rings (SSSR count). The van der Waals surface area contributed by atoms with E-state index >= 15 is 0 Å². The molecule has 1 N–H and O–H groups in total. The van der Waals surface area contributed by atoms with Gasteiger partial charge in [-0.15, -0.1) is 11.3 Å². The van der Waals surface area contributed by atoms with Crippen LogP contribution in [0.3, 0.4) is 0 Å². The Balaban J connectivity index is 2.22. The minimum atomic E-state index is 0.415. The minimum absolute atomic E-state index is 0.415. The fraction of sp³-hybridized carbons (Fsp3) is 0.500. The lowest BCUT2D eigenvalue weighted by molar-refractivity contribution is 0.344. The van der Waals surface area contributed by atoms with Gasteiger partial charge in [-0.1, -0.05) is 13.8 Å². The highest BCUT2D eigenvalue weighted by Crippen LogP contribution is 2.26. The molecule has 0 fully saturated rings. The fourth-order valence-electron chi connectivity index (χ4n) is 2.00. The van der Waals surface area contributed by atoms with Gasteiger partial charge in [0.2, 0.25) is 0 Å². The van der Waals surface area contributed by atoms with Crippen LogP contribution in [0.2, 0.25) is 0 Å². The number of nitrogens with one attached hydrogen (secondary N) is 1. The number of hydrogen-bond acceptors (Lipinski definition) is 4. The number of pyridine rings is 1. The van der Waals surface area contributed by atoms with E-state index in [1.165, 1.54) is 10.1 Å². The maximum atomic E-state index is 4.49. The molecule has 0 aliphatic rings. The summed E-state index contributed by atoms with van der Waals surface area (Å²) < 4.78 is 1.29. The number of anilines is 1. The van der Waals surface area contributed by atoms with E-state index in [1.54, 1.807) is 11.3 Å². The van der Waals surface area contributed by atoms with Crippen LogP contribution in [0.5, 0.6) is 0 Å². The molecule has 0 aromatic carbocycles. The molecule has 2 aromatic rings. The molecule has 4 heteroatoms. The van der Waals surface area contributed by atoms with Crippen molar-refractivity contribution in [3.05, 3.63) is 23.7 Å². The highest BCUT2D eigenvalue weighted by Gasteiger charge is 2.16. The normalized spacial score (nSPS) is 13.4. The molecule has 0 aliphatic heterocycles. The predicted molar refractivity (Wildman–Crippen MR) is 80.4 cm³/mol. The molecule has 0 bridgehead atoms. The molecule has 0 saturated carbocycles. The summed E-state index contributed by atoms with van der Waals surface area (Å²) in [6.07, 6.45) is 1.88. The van der Waals surface area contributed by atoms with E-state index in [4.69, 9.17) is 0 Å². The van der Waals surface area contributed by atoms with Gasteiger partial charge in [0.15, 0.2) is 0 Å². The van der Waals surface area contributed by atoms with Crippen molar-refractivity contribution in [2.75, 3.05) is 26.0 Å². The van der Waals surface area contributed by atoms with E-state index in [-0.39, 0.29) is 0 Å². The summed E-state index contributed by atoms with van der Waals surface area (Å²) in [5.74, 6) is 1.58. The van der Waals surface area contributed by atoms with Crippen molar-refractivity contribution in [2.45, 2.75) is 19.9 Å². The SMILES string of the molecule is CC(C)C(CN(C)C)Nc1nccc2sccc12. The second-order valence-corrected chi connectivity index (χ2v) is 6.20. The summed E-state index contributed by atoms with van der Waals surface area (Å²) in [5.41, 5.74) is 0. The van der Waals surface area contributed by atoms with Crippen LogP contribution >= 0.6 is 11.3 Å². The Bertz CT molecular complexity index is 504. The standard InChI is InChI=1S/C14H21N3S/c1-10(2)12(9-17(3)4)16-14-11-6-8-18-13(11)5-7-15-14/h5-8,10,12H,9H2,1-4H3,(H,15,16). The van der Waals surface area contributed by atoms with E-state index in [2.05, 4.69) is 60.7 Å². The highest BCUT2D eigenvalue weighted by molar-refractivity contribution is 7.17. The van der Waals surface area contributed by atoms with Gasteiger partial charge >= 0.3 is 0 Å². The van der Waals surface area contributed by atoms with Crippen molar-refractivity contribution in [1.82, 2.24) is 9.88 Å². The predicted octanol–water partition coefficient (Wildman–Crippen LogP) is 3.29. The molecule has 0 radical (unpaired) electrons. The van der Waals surface area contributed by atoms with E-state index in [1.807, 2.05) is 6.20 Å². The average Bonchev–Trinajstić information content (AvgIpc) is 2.76. The van der Waals surface area contributed by atoms with Crippen LogP contribution in [0.25, 0.3) is 10.1 Å². The zero-order valence-corrected chi connectivity index (χ0v) is 12.3. The third kappa shape index (κ3) is 3.00. The van der Waals surface area contributed by atoms with Crippen LogP contribution in [0, 0.1) is 5.92 Å². The van der Waals surface area contributed by atoms with E-state index in [0.717, 1.165) is 12.4 Å². The first-order valence-electron chi connectivity index (χ1n) is 6.31. The number of nitrogens with zero attached hydrogens (tertiary/aromatic N) is 2. The Kier molecular flexibility index (Phi) is 4.19. The van der Waals surface area contributed by atoms with Gasteiger partial charge in [-0.3, -0.25) is 0 Å². The van der Waals surface area contributed by atoms with Crippen molar-refractivity contribution < 1.29 is 0 Å². The van der Waals surface area contributed by atoms with Gasteiger partial charge in [0.1, 0.15) is 5.82 Å². The molecule has 0 aliphatic carbocycles. The fourth-order valence-corrected chi connectivity index (χ4v) is 2.78. The van der Waals surface area contributed by atoms with Crippen LogP contribution < -0.4 is 5.32 Å². The average molecular weight is 263 g/mol. The van der Waals surface area contributed by atoms with Crippen LogP contribution in [0.15, 0.2) is 23.7 Å². The molecule has 1 unspecified atom stereocenters. The summed E-state index contributed by atoms with van der Waals surface area (Å²) >= 11 is 1.76. The third-order valence-electron chi connectivity index (χ3n) is 3.07. The maximum absolute atomic E-state index is 4.49. The first kappa shape index (κ1) is 13.3. The second kappa shape index (κ2) is 5.67. The first-order valence-corrected chi connectivity index (χ1v) is 7.19. The Hall–Kier alpha value is -1.13. The van der Waals surface area contributed by atoms with Crippen molar-refractivity contribution in [2.24, 2.45) is 5.92 Å². The smallest absolute Gasteiger partial charge is 0.134 e. The maximum Gasteiger partial charge on any atom is 0.134 e. The number of likely N-dealkylation sites (N-methyl/N-ethyl adjacent to an activating group) is 1. The van der Waals surface area contributed by atoms with Crippen LogP contribution in [-0.2, 0) is 0 Å². The van der Waals surface area contributed by atoms with Gasteiger partial charge in [-0.05, 0) is 37.5 Å². The van der Waals surface area contributed by atoms with E-state index in [9.17, 15) is 0 Å². The molecule has 0 amide bonds. The summed E-state index contributed by atoms with van der Waals surface area (Å²) in [6, 6.07) is 4.63. The molecule has 1 atom stereocenters. The molecule has 18 heavy (non-hydrogen) atoms. The Labute approximate surface area is 113 Å². The van der Waals surface area contributed by atoms with Gasteiger partial charge in [0, 0.05) is 28.9 Å². The zero-order chi connectivity index (χ0) is 13.1. The molecule has 0 spiro atoms. The molecule has 98 valence electrons. The summed E-state index contributed by atoms with van der Waals surface area (Å²) in [5, 5.41) is 6.94. The Morgan fingerprint density at radius 1 is 1.33 bits per heavy atom. The monoisotopic (exact) mass is 263 g/mol. The van der Waals surface area contributed by atoms with Crippen molar-refractivity contribution in [3.8, 4) is 0 Å². The number of rotatable bonds is 5. The molecule has 3 nitrogen and oxygen atoms in total. The zero-order valence-electron chi connectivity index (χ0n) is 11.5. The second-order valence-electron chi connectivity index (χ2n) is 5.25. The quantitative estimate of drug-likeness (QED) is 0.897. The Morgan fingerprint density at radius 3 is 2.78 bits per heavy atom. The summed E-state index contributed by atoms with van der Waals surface area (Å²) in [6.45, 7) is 5.50.